The summed E-state index contributed by atoms with van der Waals surface area (Å²) < 4.78 is 5.23. The zero-order valence-corrected chi connectivity index (χ0v) is 20.2. The molecule has 0 bridgehead atoms. The molecule has 2 amide bonds. The molecule has 0 radical (unpaired) electrons. The number of alkyl carbamates (subject to hydrolysis) is 1. The Kier molecular flexibility index (Phi) is 17.1. The van der Waals surface area contributed by atoms with Crippen LogP contribution in [0, 0.1) is 5.92 Å². The smallest absolute Gasteiger partial charge is 0.473 e. The van der Waals surface area contributed by atoms with E-state index in [1.165, 1.54) is 4.91 Å². The van der Waals surface area contributed by atoms with Crippen LogP contribution in [0.2, 0.25) is 0 Å². The number of ether oxygens (including phenoxy) is 1. The molecule has 13 nitrogen and oxygen atoms in total. The minimum atomic E-state index is -1.82. The van der Waals surface area contributed by atoms with Crippen LogP contribution in [-0.4, -0.2) is 70.8 Å². The maximum atomic E-state index is 12.0. The molecule has 1 rings (SSSR count). The summed E-state index contributed by atoms with van der Waals surface area (Å²) in [5, 5.41) is 17.6. The Balaban J connectivity index is -0.000000616. The molecule has 1 saturated carbocycles. The van der Waals surface area contributed by atoms with E-state index >= 15 is 0 Å². The van der Waals surface area contributed by atoms with Crippen LogP contribution in [0.3, 0.4) is 0 Å². The molecule has 0 aromatic heterocycles. The second kappa shape index (κ2) is 15.7. The second-order valence-corrected chi connectivity index (χ2v) is 7.36. The normalized spacial score (nSPS) is 19.6. The summed E-state index contributed by atoms with van der Waals surface area (Å²) in [7, 11) is 3.49. The summed E-state index contributed by atoms with van der Waals surface area (Å²) in [4.78, 5) is 45.1. The summed E-state index contributed by atoms with van der Waals surface area (Å²) in [6, 6.07) is -0.346. The average molecular weight is 440 g/mol. The topological polar surface area (TPSA) is 218 Å². The van der Waals surface area contributed by atoms with Crippen LogP contribution in [0.5, 0.6) is 0 Å². The predicted molar refractivity (Wildman–Crippen MR) is 103 cm³/mol. The van der Waals surface area contributed by atoms with Gasteiger partial charge < -0.3 is 42.0 Å². The zero-order chi connectivity index (χ0) is 23.4. The first-order valence-corrected chi connectivity index (χ1v) is 8.57. The molecule has 3 atom stereocenters. The Morgan fingerprint density at radius 1 is 1.10 bits per heavy atom. The second-order valence-electron chi connectivity index (χ2n) is 7.36. The van der Waals surface area contributed by atoms with Gasteiger partial charge in [0, 0.05) is 32.1 Å². The van der Waals surface area contributed by atoms with Crippen molar-refractivity contribution in [2.24, 2.45) is 11.7 Å². The van der Waals surface area contributed by atoms with Gasteiger partial charge in [0.15, 0.2) is 0 Å². The first-order chi connectivity index (χ1) is 13.2. The van der Waals surface area contributed by atoms with Crippen molar-refractivity contribution in [3.8, 4) is 0 Å². The molecule has 0 aliphatic heterocycles. The number of nitrogens with one attached hydrogen (secondary N) is 1. The van der Waals surface area contributed by atoms with Gasteiger partial charge in [0.1, 0.15) is 5.60 Å². The molecule has 1 aliphatic rings. The number of carbonyl (C=O) groups is 4. The molecule has 0 aromatic rings. The quantitative estimate of drug-likeness (QED) is 0.125. The third-order valence-electron chi connectivity index (χ3n) is 3.58. The molecular weight excluding hydrogens is 411 g/mol. The van der Waals surface area contributed by atoms with Gasteiger partial charge in [-0.1, -0.05) is 0 Å². The Morgan fingerprint density at radius 2 is 1.53 bits per heavy atom. The summed E-state index contributed by atoms with van der Waals surface area (Å²) in [5.74, 6) is -3.64. The van der Waals surface area contributed by atoms with Gasteiger partial charge in [0.25, 0.3) is 0 Å². The van der Waals surface area contributed by atoms with E-state index < -0.39 is 23.6 Å². The van der Waals surface area contributed by atoms with Crippen LogP contribution in [0.1, 0.15) is 40.0 Å². The summed E-state index contributed by atoms with van der Waals surface area (Å²) in [5.41, 5.74) is 19.0. The van der Waals surface area contributed by atoms with Crippen molar-refractivity contribution in [2.45, 2.75) is 57.7 Å². The number of carbonyl (C=O) groups excluding carboxylic acids is 2. The third kappa shape index (κ3) is 15.8. The number of carboxylic acids is 2. The number of amides is 2. The molecule has 0 aromatic carbocycles. The minimum absolute atomic E-state index is 0. The molecule has 0 spiro atoms. The fourth-order valence-corrected chi connectivity index (χ4v) is 2.41. The van der Waals surface area contributed by atoms with Crippen molar-refractivity contribution < 1.29 is 63.7 Å². The van der Waals surface area contributed by atoms with Gasteiger partial charge in [-0.15, -0.1) is 0 Å². The van der Waals surface area contributed by atoms with Gasteiger partial charge >= 0.3 is 47.6 Å². The first kappa shape index (κ1) is 32.6. The van der Waals surface area contributed by atoms with Crippen molar-refractivity contribution in [2.75, 3.05) is 14.1 Å². The van der Waals surface area contributed by atoms with Crippen LogP contribution in [0.25, 0.3) is 16.0 Å². The number of nitrogens with two attached hydrogens (primary N) is 1. The van der Waals surface area contributed by atoms with Crippen LogP contribution in [0.4, 0.5) is 4.79 Å². The van der Waals surface area contributed by atoms with Crippen molar-refractivity contribution in [1.29, 1.82) is 0 Å². The van der Waals surface area contributed by atoms with Crippen molar-refractivity contribution in [1.82, 2.24) is 10.2 Å². The maximum Gasteiger partial charge on any atom is 1.00 e. The molecule has 1 aliphatic carbocycles. The van der Waals surface area contributed by atoms with E-state index in [4.69, 9.17) is 41.3 Å². The van der Waals surface area contributed by atoms with E-state index in [0.717, 1.165) is 12.8 Å². The number of hydrogen-bond acceptors (Lipinski definition) is 6. The predicted octanol–water partition coefficient (Wildman–Crippen LogP) is -1.88. The number of nitrogens with zero attached hydrogens (tertiary/aromatic N) is 4. The van der Waals surface area contributed by atoms with E-state index in [9.17, 15) is 9.59 Å². The first-order valence-electron chi connectivity index (χ1n) is 8.57. The minimum Gasteiger partial charge on any atom is -0.473 e. The molecule has 14 heteroatoms. The van der Waals surface area contributed by atoms with Crippen molar-refractivity contribution >= 4 is 23.9 Å². The van der Waals surface area contributed by atoms with E-state index in [1.54, 1.807) is 19.0 Å². The number of carboxylic acid groups (broad SMARTS) is 2. The largest absolute Gasteiger partial charge is 1.00 e. The Bertz CT molecular complexity index is 606. The van der Waals surface area contributed by atoms with Crippen LogP contribution < -0.4 is 40.6 Å². The van der Waals surface area contributed by atoms with Gasteiger partial charge in [-0.3, -0.25) is 9.71 Å². The molecule has 0 unspecified atom stereocenters. The van der Waals surface area contributed by atoms with Gasteiger partial charge in [0.2, 0.25) is 5.91 Å². The number of rotatable bonds is 2. The Hall–Kier alpha value is -2.05. The van der Waals surface area contributed by atoms with Crippen molar-refractivity contribution in [3.05, 3.63) is 16.0 Å². The fraction of sp³-hybridized carbons (Fsp3) is 0.750. The van der Waals surface area contributed by atoms with E-state index in [-0.39, 0.29) is 53.5 Å². The van der Waals surface area contributed by atoms with Crippen LogP contribution >= 0.6 is 0 Å². The molecule has 0 heterocycles. The molecular formula is C16H29N6NaO7. The number of aliphatic carboxylic acids is 2. The molecule has 0 saturated heterocycles. The van der Waals surface area contributed by atoms with E-state index in [2.05, 4.69) is 5.32 Å². The Labute approximate surface area is 197 Å². The standard InChI is InChI=1S/C14H27N3O3.C2H2O4.N3.Na/c1-14(2,3)20-13(19)16-11-8-9(6-7-10(11)15)12(18)17(4)5;3-1(4)2(5)6;1-3-2;/h9-11H,6-8,15H2,1-5H3,(H,16,19);(H,3,4)(H,5,6);;/q;;-1;+1/t9-,10-,11+;;;/m0.../s1. The van der Waals surface area contributed by atoms with Gasteiger partial charge in [-0.2, -0.15) is 0 Å². The summed E-state index contributed by atoms with van der Waals surface area (Å²) >= 11 is 0. The molecule has 1 fully saturated rings. The zero-order valence-electron chi connectivity index (χ0n) is 18.2. The van der Waals surface area contributed by atoms with Gasteiger partial charge in [-0.25, -0.2) is 14.4 Å². The van der Waals surface area contributed by atoms with E-state index in [0.29, 0.717) is 6.42 Å². The summed E-state index contributed by atoms with van der Waals surface area (Å²) in [6.45, 7) is 5.43. The van der Waals surface area contributed by atoms with E-state index in [1.807, 2.05) is 20.8 Å². The maximum absolute atomic E-state index is 12.0. The van der Waals surface area contributed by atoms with Crippen LogP contribution in [-0.2, 0) is 19.1 Å². The molecule has 5 N–H and O–H groups in total. The summed E-state index contributed by atoms with van der Waals surface area (Å²) in [6.07, 6.45) is 1.59. The fourth-order valence-electron chi connectivity index (χ4n) is 2.41. The molecule has 166 valence electrons. The SMILES string of the molecule is CN(C)C(=O)[C@H]1CC[C@H](N)[C@H](NC(=O)OC(C)(C)C)C1.O=C(O)C(=O)O.[N-]=[N+]=[N-].[Na+]. The monoisotopic (exact) mass is 440 g/mol. The van der Waals surface area contributed by atoms with Gasteiger partial charge in [0.05, 0.1) is 0 Å². The average Bonchev–Trinajstić information content (AvgIpc) is 2.55. The Morgan fingerprint density at radius 3 is 1.87 bits per heavy atom. The van der Waals surface area contributed by atoms with Crippen LogP contribution in [0.15, 0.2) is 0 Å². The third-order valence-corrected chi connectivity index (χ3v) is 3.58. The van der Waals surface area contributed by atoms with Gasteiger partial charge in [-0.05, 0) is 40.0 Å². The molecule has 30 heavy (non-hydrogen) atoms. The number of hydrogen-bond donors (Lipinski definition) is 4. The van der Waals surface area contributed by atoms with Crippen molar-refractivity contribution in [3.63, 3.8) is 0 Å².